The molecule has 0 fully saturated rings. The lowest BCUT2D eigenvalue weighted by atomic mass is 10.1. The van der Waals surface area contributed by atoms with Crippen molar-refractivity contribution in [2.45, 2.75) is 25.2 Å². The Morgan fingerprint density at radius 3 is 2.74 bits per heavy atom. The molecule has 19 heavy (non-hydrogen) atoms. The summed E-state index contributed by atoms with van der Waals surface area (Å²) in [5.74, 6) is 0. The highest BCUT2D eigenvalue weighted by Crippen LogP contribution is 2.29. The van der Waals surface area contributed by atoms with Crippen LogP contribution >= 0.6 is 0 Å². The van der Waals surface area contributed by atoms with Crippen molar-refractivity contribution in [1.82, 2.24) is 5.32 Å². The maximum Gasteiger partial charge on any atom is 0.416 e. The van der Waals surface area contributed by atoms with E-state index in [0.717, 1.165) is 12.1 Å². The number of rotatable bonds is 7. The molecule has 0 bridgehead atoms. The number of ether oxygens (including phenoxy) is 1. The molecule has 108 valence electrons. The molecule has 3 nitrogen and oxygen atoms in total. The van der Waals surface area contributed by atoms with Gasteiger partial charge in [0.05, 0.1) is 18.3 Å². The van der Waals surface area contributed by atoms with Gasteiger partial charge in [-0.3, -0.25) is 0 Å². The van der Waals surface area contributed by atoms with Gasteiger partial charge in [-0.05, 0) is 24.6 Å². The number of nitrogens with one attached hydrogen (secondary N) is 1. The second-order valence-electron chi connectivity index (χ2n) is 4.27. The topological polar surface area (TPSA) is 41.5 Å². The number of hydrogen-bond donors (Lipinski definition) is 2. The third-order valence-electron chi connectivity index (χ3n) is 2.60. The lowest BCUT2D eigenvalue weighted by Crippen LogP contribution is -2.23. The molecule has 1 rings (SSSR count). The smallest absolute Gasteiger partial charge is 0.391 e. The highest BCUT2D eigenvalue weighted by molar-refractivity contribution is 5.25. The highest BCUT2D eigenvalue weighted by Gasteiger charge is 2.30. The molecule has 2 N–H and O–H groups in total. The molecule has 0 aliphatic heterocycles. The molecule has 0 amide bonds. The van der Waals surface area contributed by atoms with Crippen molar-refractivity contribution in [3.63, 3.8) is 0 Å². The first-order chi connectivity index (χ1) is 8.93. The number of alkyl halides is 3. The lowest BCUT2D eigenvalue weighted by Gasteiger charge is -2.11. The van der Waals surface area contributed by atoms with Crippen LogP contribution in [0.15, 0.2) is 24.3 Å². The quantitative estimate of drug-likeness (QED) is 0.751. The minimum absolute atomic E-state index is 0.255. The van der Waals surface area contributed by atoms with Crippen LogP contribution in [0.5, 0.6) is 0 Å². The van der Waals surface area contributed by atoms with E-state index in [1.807, 2.05) is 0 Å². The average molecular weight is 277 g/mol. The van der Waals surface area contributed by atoms with Crippen molar-refractivity contribution < 1.29 is 23.0 Å². The molecule has 0 heterocycles. The summed E-state index contributed by atoms with van der Waals surface area (Å²) in [5, 5.41) is 12.4. The van der Waals surface area contributed by atoms with E-state index in [4.69, 9.17) is 4.74 Å². The second kappa shape index (κ2) is 7.47. The molecule has 1 aromatic carbocycles. The van der Waals surface area contributed by atoms with Crippen LogP contribution in [0.4, 0.5) is 13.2 Å². The van der Waals surface area contributed by atoms with Crippen LogP contribution in [0.1, 0.15) is 17.5 Å². The molecule has 0 saturated heterocycles. The monoisotopic (exact) mass is 277 g/mol. The Labute approximate surface area is 110 Å². The second-order valence-corrected chi connectivity index (χ2v) is 4.27. The van der Waals surface area contributed by atoms with Crippen molar-refractivity contribution in [2.24, 2.45) is 0 Å². The van der Waals surface area contributed by atoms with Crippen LogP contribution in [0.25, 0.3) is 0 Å². The first-order valence-electron chi connectivity index (χ1n) is 5.97. The SMILES string of the molecule is COCC(O)CCNCc1cccc(C(F)(F)F)c1. The zero-order valence-electron chi connectivity index (χ0n) is 10.7. The van der Waals surface area contributed by atoms with Crippen LogP contribution in [0, 0.1) is 0 Å². The Morgan fingerprint density at radius 2 is 2.11 bits per heavy atom. The standard InChI is InChI=1S/C13H18F3NO2/c1-19-9-12(18)5-6-17-8-10-3-2-4-11(7-10)13(14,15)16/h2-4,7,12,17-18H,5-6,8-9H2,1H3. The molecule has 0 aliphatic carbocycles. The number of hydrogen-bond acceptors (Lipinski definition) is 3. The van der Waals surface area contributed by atoms with Gasteiger partial charge in [0, 0.05) is 13.7 Å². The fourth-order valence-corrected chi connectivity index (χ4v) is 1.63. The van der Waals surface area contributed by atoms with E-state index in [1.54, 1.807) is 6.07 Å². The van der Waals surface area contributed by atoms with Gasteiger partial charge in [0.25, 0.3) is 0 Å². The van der Waals surface area contributed by atoms with Crippen molar-refractivity contribution >= 4 is 0 Å². The van der Waals surface area contributed by atoms with E-state index in [-0.39, 0.29) is 6.61 Å². The lowest BCUT2D eigenvalue weighted by molar-refractivity contribution is -0.137. The first kappa shape index (κ1) is 15.9. The predicted octanol–water partition coefficient (Wildman–Crippen LogP) is 2.19. The third-order valence-corrected chi connectivity index (χ3v) is 2.60. The van der Waals surface area contributed by atoms with E-state index in [2.05, 4.69) is 5.32 Å². The Balaban J connectivity index is 2.38. The average Bonchev–Trinajstić information content (AvgIpc) is 2.34. The minimum atomic E-state index is -4.31. The number of benzene rings is 1. The van der Waals surface area contributed by atoms with E-state index in [0.29, 0.717) is 25.1 Å². The zero-order chi connectivity index (χ0) is 14.3. The molecule has 0 aliphatic rings. The number of aliphatic hydroxyl groups excluding tert-OH is 1. The van der Waals surface area contributed by atoms with E-state index < -0.39 is 17.8 Å². The predicted molar refractivity (Wildman–Crippen MR) is 65.7 cm³/mol. The summed E-state index contributed by atoms with van der Waals surface area (Å²) in [7, 11) is 1.50. The number of methoxy groups -OCH3 is 1. The van der Waals surface area contributed by atoms with Gasteiger partial charge in [-0.1, -0.05) is 18.2 Å². The Morgan fingerprint density at radius 1 is 1.37 bits per heavy atom. The van der Waals surface area contributed by atoms with Crippen molar-refractivity contribution in [1.29, 1.82) is 0 Å². The molecule has 0 radical (unpaired) electrons. The normalized spacial score (nSPS) is 13.5. The zero-order valence-corrected chi connectivity index (χ0v) is 10.7. The van der Waals surface area contributed by atoms with Crippen molar-refractivity contribution in [3.8, 4) is 0 Å². The highest BCUT2D eigenvalue weighted by atomic mass is 19.4. The number of aliphatic hydroxyl groups is 1. The maximum absolute atomic E-state index is 12.5. The fourth-order valence-electron chi connectivity index (χ4n) is 1.63. The molecule has 1 aromatic rings. The van der Waals surface area contributed by atoms with Gasteiger partial charge in [-0.15, -0.1) is 0 Å². The van der Waals surface area contributed by atoms with Crippen LogP contribution in [0.3, 0.4) is 0 Å². The molecular weight excluding hydrogens is 259 g/mol. The Hall–Kier alpha value is -1.11. The minimum Gasteiger partial charge on any atom is -0.391 e. The van der Waals surface area contributed by atoms with Gasteiger partial charge < -0.3 is 15.2 Å². The summed E-state index contributed by atoms with van der Waals surface area (Å²) >= 11 is 0. The van der Waals surface area contributed by atoms with Gasteiger partial charge >= 0.3 is 6.18 Å². The number of halogens is 3. The summed E-state index contributed by atoms with van der Waals surface area (Å²) in [5.41, 5.74) is -0.0812. The first-order valence-corrected chi connectivity index (χ1v) is 5.97. The maximum atomic E-state index is 12.5. The molecular formula is C13H18F3NO2. The van der Waals surface area contributed by atoms with E-state index >= 15 is 0 Å². The molecule has 0 aromatic heterocycles. The summed E-state index contributed by atoms with van der Waals surface area (Å²) in [6, 6.07) is 5.19. The van der Waals surface area contributed by atoms with E-state index in [9.17, 15) is 18.3 Å². The third kappa shape index (κ3) is 6.04. The van der Waals surface area contributed by atoms with Crippen LogP contribution in [-0.2, 0) is 17.5 Å². The molecule has 1 unspecified atom stereocenters. The summed E-state index contributed by atoms with van der Waals surface area (Å²) in [6.07, 6.45) is -4.38. The molecule has 0 saturated carbocycles. The molecule has 0 spiro atoms. The van der Waals surface area contributed by atoms with Crippen LogP contribution in [-0.4, -0.2) is 31.5 Å². The largest absolute Gasteiger partial charge is 0.416 e. The van der Waals surface area contributed by atoms with Gasteiger partial charge in [0.1, 0.15) is 0 Å². The van der Waals surface area contributed by atoms with Crippen molar-refractivity contribution in [2.75, 3.05) is 20.3 Å². The van der Waals surface area contributed by atoms with Gasteiger partial charge in [-0.2, -0.15) is 13.2 Å². The van der Waals surface area contributed by atoms with Gasteiger partial charge in [-0.25, -0.2) is 0 Å². The summed E-state index contributed by atoms with van der Waals surface area (Å²) < 4.78 is 42.2. The molecule has 6 heteroatoms. The van der Waals surface area contributed by atoms with Crippen LogP contribution in [0.2, 0.25) is 0 Å². The van der Waals surface area contributed by atoms with Crippen LogP contribution < -0.4 is 5.32 Å². The van der Waals surface area contributed by atoms with Gasteiger partial charge in [0.2, 0.25) is 0 Å². The van der Waals surface area contributed by atoms with Crippen molar-refractivity contribution in [3.05, 3.63) is 35.4 Å². The molecule has 1 atom stereocenters. The Bertz CT molecular complexity index is 382. The van der Waals surface area contributed by atoms with E-state index in [1.165, 1.54) is 13.2 Å². The fraction of sp³-hybridized carbons (Fsp3) is 0.538. The van der Waals surface area contributed by atoms with Gasteiger partial charge in [0.15, 0.2) is 0 Å². The summed E-state index contributed by atoms with van der Waals surface area (Å²) in [6.45, 7) is 1.11. The Kier molecular flexibility index (Phi) is 6.27. The summed E-state index contributed by atoms with van der Waals surface area (Å²) in [4.78, 5) is 0.